The fourth-order valence-corrected chi connectivity index (χ4v) is 8.59. The molecule has 2 aromatic carbocycles. The molecule has 3 aliphatic rings. The lowest BCUT2D eigenvalue weighted by atomic mass is 9.70. The van der Waals surface area contributed by atoms with Crippen LogP contribution in [0.25, 0.3) is 0 Å². The lowest BCUT2D eigenvalue weighted by Gasteiger charge is -2.49. The highest BCUT2D eigenvalue weighted by atomic mass is 16.6. The smallest absolute Gasteiger partial charge is 0.413 e. The molecule has 5 rings (SSSR count). The summed E-state index contributed by atoms with van der Waals surface area (Å²) in [6.07, 6.45) is 1.49. The largest absolute Gasteiger partial charge is 0.449 e. The quantitative estimate of drug-likeness (QED) is 0.254. The van der Waals surface area contributed by atoms with E-state index < -0.39 is 52.5 Å². The van der Waals surface area contributed by atoms with Crippen molar-refractivity contribution in [1.82, 2.24) is 14.7 Å². The molecule has 0 radical (unpaired) electrons. The molecule has 2 heterocycles. The Morgan fingerprint density at radius 3 is 1.75 bits per heavy atom. The van der Waals surface area contributed by atoms with E-state index in [1.54, 1.807) is 9.80 Å². The highest BCUT2D eigenvalue weighted by Gasteiger charge is 2.55. The van der Waals surface area contributed by atoms with Gasteiger partial charge in [-0.1, -0.05) is 80.4 Å². The van der Waals surface area contributed by atoms with Crippen LogP contribution < -0.4 is 0 Å². The van der Waals surface area contributed by atoms with Gasteiger partial charge in [-0.15, -0.1) is 0 Å². The first-order valence-corrected chi connectivity index (χ1v) is 18.7. The van der Waals surface area contributed by atoms with Gasteiger partial charge in [-0.25, -0.2) is 9.59 Å². The predicted octanol–water partition coefficient (Wildman–Crippen LogP) is 7.72. The molecule has 2 aromatic rings. The highest BCUT2D eigenvalue weighted by molar-refractivity contribution is 5.71. The van der Waals surface area contributed by atoms with E-state index in [2.05, 4.69) is 36.1 Å². The second-order valence-corrected chi connectivity index (χ2v) is 17.1. The maximum atomic E-state index is 14.5. The Labute approximate surface area is 305 Å². The zero-order chi connectivity index (χ0) is 37.2. The van der Waals surface area contributed by atoms with Crippen LogP contribution in [0.15, 0.2) is 60.7 Å². The SMILES string of the molecule is C[C@H]1CCCC[C@]1(O)[C@H](OC(=O)N1C(C)(C)COC1(C)C)[C@H](CCOC(=O)N1C(C)(C)COC1(C)C)N(Cc1ccccc1)Cc1ccccc1. The lowest BCUT2D eigenvalue weighted by Crippen LogP contribution is -2.63. The highest BCUT2D eigenvalue weighted by Crippen LogP contribution is 2.43. The van der Waals surface area contributed by atoms with Crippen LogP contribution in [-0.2, 0) is 32.0 Å². The summed E-state index contributed by atoms with van der Waals surface area (Å²) in [5.74, 6) is -0.136. The zero-order valence-electron chi connectivity index (χ0n) is 32.3. The van der Waals surface area contributed by atoms with Crippen LogP contribution in [0.2, 0.25) is 0 Å². The van der Waals surface area contributed by atoms with E-state index in [4.69, 9.17) is 18.9 Å². The predicted molar refractivity (Wildman–Crippen MR) is 197 cm³/mol. The van der Waals surface area contributed by atoms with E-state index in [-0.39, 0.29) is 12.5 Å². The summed E-state index contributed by atoms with van der Waals surface area (Å²) in [5, 5.41) is 12.8. The number of rotatable bonds is 11. The van der Waals surface area contributed by atoms with Crippen LogP contribution in [0.1, 0.15) is 106 Å². The summed E-state index contributed by atoms with van der Waals surface area (Å²) < 4.78 is 24.8. The number of amides is 2. The number of nitrogens with zero attached hydrogens (tertiary/aromatic N) is 3. The molecule has 0 aromatic heterocycles. The molecule has 282 valence electrons. The molecule has 1 aliphatic carbocycles. The van der Waals surface area contributed by atoms with E-state index in [0.717, 1.165) is 30.4 Å². The summed E-state index contributed by atoms with van der Waals surface area (Å²) in [6, 6.07) is 19.8. The molecule has 1 N–H and O–H groups in total. The minimum Gasteiger partial charge on any atom is -0.449 e. The van der Waals surface area contributed by atoms with Crippen LogP contribution in [0, 0.1) is 5.92 Å². The number of aliphatic hydroxyl groups is 1. The molecule has 0 unspecified atom stereocenters. The van der Waals surface area contributed by atoms with Gasteiger partial charge in [0.1, 0.15) is 23.2 Å². The van der Waals surface area contributed by atoms with Gasteiger partial charge in [-0.2, -0.15) is 0 Å². The fraction of sp³-hybridized carbons (Fsp3) is 0.659. The Balaban J connectivity index is 1.56. The van der Waals surface area contributed by atoms with E-state index in [9.17, 15) is 14.7 Å². The number of carbonyl (C=O) groups is 2. The third-order valence-electron chi connectivity index (χ3n) is 11.2. The van der Waals surface area contributed by atoms with E-state index >= 15 is 0 Å². The Hall–Kier alpha value is -3.18. The van der Waals surface area contributed by atoms with Crippen LogP contribution in [0.4, 0.5) is 9.59 Å². The van der Waals surface area contributed by atoms with Gasteiger partial charge in [0, 0.05) is 19.5 Å². The fourth-order valence-electron chi connectivity index (χ4n) is 8.59. The van der Waals surface area contributed by atoms with Crippen molar-refractivity contribution in [2.75, 3.05) is 19.8 Å². The zero-order valence-corrected chi connectivity index (χ0v) is 32.3. The van der Waals surface area contributed by atoms with Gasteiger partial charge in [0.15, 0.2) is 0 Å². The molecule has 0 bridgehead atoms. The van der Waals surface area contributed by atoms with Crippen molar-refractivity contribution < 1.29 is 33.6 Å². The molecular weight excluding hydrogens is 646 g/mol. The summed E-state index contributed by atoms with van der Waals surface area (Å²) in [5.41, 5.74) is -2.06. The average molecular weight is 708 g/mol. The Kier molecular flexibility index (Phi) is 11.5. The van der Waals surface area contributed by atoms with Crippen molar-refractivity contribution in [3.05, 3.63) is 71.8 Å². The van der Waals surface area contributed by atoms with Crippen LogP contribution >= 0.6 is 0 Å². The molecule has 1 saturated carbocycles. The second kappa shape index (κ2) is 15.0. The van der Waals surface area contributed by atoms with Crippen LogP contribution in [0.5, 0.6) is 0 Å². The average Bonchev–Trinajstić information content (AvgIpc) is 3.43. The lowest BCUT2D eigenvalue weighted by molar-refractivity contribution is -0.169. The topological polar surface area (TPSA) is 101 Å². The van der Waals surface area contributed by atoms with Gasteiger partial charge >= 0.3 is 12.2 Å². The van der Waals surface area contributed by atoms with Crippen LogP contribution in [0.3, 0.4) is 0 Å². The van der Waals surface area contributed by atoms with E-state index in [1.807, 2.05) is 91.8 Å². The standard InChI is InChI=1S/C41H61N3O7/c1-30-18-16-17-24-41(30,47)34(51-36(46)44-38(4,5)29-50-40(44,8)9)33(23-25-48-35(45)43-37(2,3)28-49-39(43,6)7)42(26-31-19-12-10-13-20-31)27-32-21-14-11-15-22-32/h10-15,19-22,30,33-34,47H,16-18,23-29H2,1-9H3/t30-,33-,34+,41+/m0/s1. The van der Waals surface area contributed by atoms with Gasteiger partial charge < -0.3 is 24.1 Å². The number of carbonyl (C=O) groups excluding carboxylic acids is 2. The monoisotopic (exact) mass is 707 g/mol. The number of ether oxygens (including phenoxy) is 4. The van der Waals surface area contributed by atoms with Crippen LogP contribution in [-0.4, -0.2) is 92.1 Å². The molecule has 2 amide bonds. The number of hydrogen-bond donors (Lipinski definition) is 1. The maximum Gasteiger partial charge on any atom is 0.413 e. The summed E-state index contributed by atoms with van der Waals surface area (Å²) in [6.45, 7) is 19.3. The van der Waals surface area contributed by atoms with Gasteiger partial charge in [0.05, 0.1) is 36.9 Å². The van der Waals surface area contributed by atoms with Gasteiger partial charge in [-0.3, -0.25) is 14.7 Å². The van der Waals surface area contributed by atoms with Gasteiger partial charge in [-0.05, 0) is 85.3 Å². The van der Waals surface area contributed by atoms with Crippen molar-refractivity contribution in [2.45, 2.75) is 148 Å². The first-order chi connectivity index (χ1) is 23.9. The van der Waals surface area contributed by atoms with E-state index in [1.165, 1.54) is 0 Å². The molecule has 2 aliphatic heterocycles. The third kappa shape index (κ3) is 8.56. The summed E-state index contributed by atoms with van der Waals surface area (Å²) in [7, 11) is 0. The first-order valence-electron chi connectivity index (χ1n) is 18.7. The van der Waals surface area contributed by atoms with Crippen molar-refractivity contribution >= 4 is 12.2 Å². The van der Waals surface area contributed by atoms with Crippen molar-refractivity contribution in [3.63, 3.8) is 0 Å². The van der Waals surface area contributed by atoms with Gasteiger partial charge in [0.25, 0.3) is 0 Å². The molecular formula is C41H61N3O7. The number of benzene rings is 2. The minimum atomic E-state index is -1.32. The minimum absolute atomic E-state index is 0.0502. The molecule has 10 nitrogen and oxygen atoms in total. The van der Waals surface area contributed by atoms with Crippen molar-refractivity contribution in [3.8, 4) is 0 Å². The molecule has 3 fully saturated rings. The second-order valence-electron chi connectivity index (χ2n) is 17.1. The molecule has 0 spiro atoms. The Morgan fingerprint density at radius 1 is 0.804 bits per heavy atom. The van der Waals surface area contributed by atoms with Crippen molar-refractivity contribution in [1.29, 1.82) is 0 Å². The van der Waals surface area contributed by atoms with Gasteiger partial charge in [0.2, 0.25) is 0 Å². The summed E-state index contributed by atoms with van der Waals surface area (Å²) >= 11 is 0. The Morgan fingerprint density at radius 2 is 1.29 bits per heavy atom. The Bertz CT molecular complexity index is 1410. The van der Waals surface area contributed by atoms with Crippen molar-refractivity contribution in [2.24, 2.45) is 5.92 Å². The summed E-state index contributed by atoms with van der Waals surface area (Å²) in [4.78, 5) is 33.9. The van der Waals surface area contributed by atoms with E-state index in [0.29, 0.717) is 39.1 Å². The number of hydrogen-bond acceptors (Lipinski definition) is 8. The third-order valence-corrected chi connectivity index (χ3v) is 11.2. The first kappa shape index (κ1) is 39.0. The molecule has 4 atom stereocenters. The normalized spacial score (nSPS) is 26.1. The molecule has 2 saturated heterocycles. The maximum absolute atomic E-state index is 14.5. The molecule has 10 heteroatoms. The molecule has 51 heavy (non-hydrogen) atoms.